The molecule has 2 nitrogen and oxygen atoms in total. The number of nitrogens with zero attached hydrogens (tertiary/aromatic N) is 1. The van der Waals surface area contributed by atoms with Crippen LogP contribution < -0.4 is 0 Å². The lowest BCUT2D eigenvalue weighted by Gasteiger charge is -1.94. The van der Waals surface area contributed by atoms with Gasteiger partial charge in [0.25, 0.3) is 0 Å². The molecule has 0 aliphatic carbocycles. The average molecular weight is 243 g/mol. The highest BCUT2D eigenvalue weighted by molar-refractivity contribution is 8.53. The maximum atomic E-state index is 8.73. The third-order valence-corrected chi connectivity index (χ3v) is 3.59. The fraction of sp³-hybridized carbons (Fsp3) is 0.833. The van der Waals surface area contributed by atoms with Crippen molar-refractivity contribution in [1.29, 1.82) is 0 Å². The average Bonchev–Trinajstić information content (AvgIpc) is 2.38. The minimum atomic E-state index is -2.01. The zero-order chi connectivity index (χ0) is 9.45. The van der Waals surface area contributed by atoms with Crippen LogP contribution in [0.1, 0.15) is 13.3 Å². The van der Waals surface area contributed by atoms with Crippen LogP contribution in [0.4, 0.5) is 0 Å². The van der Waals surface area contributed by atoms with Crippen molar-refractivity contribution in [3.05, 3.63) is 0 Å². The van der Waals surface area contributed by atoms with Crippen molar-refractivity contribution < 1.29 is 4.55 Å². The van der Waals surface area contributed by atoms with Gasteiger partial charge in [0.15, 0.2) is 0 Å². The van der Waals surface area contributed by atoms with Crippen LogP contribution in [-0.2, 0) is 29.8 Å². The summed E-state index contributed by atoms with van der Waals surface area (Å²) < 4.78 is 8.73. The Morgan fingerprint density at radius 2 is 2.33 bits per heavy atom. The minimum Gasteiger partial charge on any atom is -0.325 e. The van der Waals surface area contributed by atoms with E-state index in [1.165, 1.54) is 5.75 Å². The third-order valence-electron chi connectivity index (χ3n) is 0.949. The summed E-state index contributed by atoms with van der Waals surface area (Å²) in [4.78, 5) is 3.92. The van der Waals surface area contributed by atoms with E-state index in [9.17, 15) is 0 Å². The van der Waals surface area contributed by atoms with Crippen LogP contribution in [0.2, 0.25) is 0 Å². The summed E-state index contributed by atoms with van der Waals surface area (Å²) >= 11 is 10.9. The molecule has 1 aliphatic rings. The molecule has 72 valence electrons. The van der Waals surface area contributed by atoms with E-state index in [2.05, 4.69) is 27.4 Å². The van der Waals surface area contributed by atoms with Gasteiger partial charge in [-0.2, -0.15) is 0 Å². The van der Waals surface area contributed by atoms with Gasteiger partial charge in [0.05, 0.1) is 5.55 Å². The molecule has 0 saturated carbocycles. The second-order valence-corrected chi connectivity index (χ2v) is 8.63. The molecule has 0 saturated heterocycles. The number of rotatable bonds is 2. The van der Waals surface area contributed by atoms with Crippen LogP contribution in [0.3, 0.4) is 0 Å². The first-order valence-electron chi connectivity index (χ1n) is 3.61. The first kappa shape index (κ1) is 12.8. The van der Waals surface area contributed by atoms with E-state index < -0.39 is 7.43 Å². The molecule has 0 fully saturated rings. The fourth-order valence-electron chi connectivity index (χ4n) is 0.521. The van der Waals surface area contributed by atoms with Gasteiger partial charge >= 0.3 is 0 Å². The Balaban J connectivity index is 0.000000211. The van der Waals surface area contributed by atoms with Crippen LogP contribution in [0.25, 0.3) is 0 Å². The maximum Gasteiger partial charge on any atom is 0.0542 e. The summed E-state index contributed by atoms with van der Waals surface area (Å²) in [6.07, 6.45) is 0.888. The van der Waals surface area contributed by atoms with E-state index in [0.29, 0.717) is 5.75 Å². The summed E-state index contributed by atoms with van der Waals surface area (Å²) in [6, 6.07) is 0. The predicted octanol–water partition coefficient (Wildman–Crippen LogP) is 1.71. The Bertz CT molecular complexity index is 216. The Labute approximate surface area is 87.9 Å². The van der Waals surface area contributed by atoms with E-state index in [1.54, 1.807) is 11.8 Å². The van der Waals surface area contributed by atoms with Crippen molar-refractivity contribution in [2.75, 3.05) is 18.1 Å². The standard InChI is InChI=1S/C3H5NS.C3H8OS3/c1-2-5-3-4-1;1-2-3-7(4,5)6/h3H,1-2H2;2-3H2,1H3,(H,4,5,6). The molecule has 0 spiro atoms. The minimum absolute atomic E-state index is 0.609. The Hall–Kier alpha value is 0.770. The molecule has 12 heavy (non-hydrogen) atoms. The summed E-state index contributed by atoms with van der Waals surface area (Å²) in [6.45, 7) is 2.99. The lowest BCUT2D eigenvalue weighted by atomic mass is 10.6. The fourth-order valence-corrected chi connectivity index (χ4v) is 2.56. The van der Waals surface area contributed by atoms with E-state index in [4.69, 9.17) is 4.55 Å². The van der Waals surface area contributed by atoms with Crippen LogP contribution in [-0.4, -0.2) is 28.1 Å². The monoisotopic (exact) mass is 243 g/mol. The predicted molar refractivity (Wildman–Crippen MR) is 65.7 cm³/mol. The molecule has 0 aromatic heterocycles. The number of hydrogen-bond donors (Lipinski definition) is 1. The van der Waals surface area contributed by atoms with Crippen molar-refractivity contribution >= 4 is 47.1 Å². The van der Waals surface area contributed by atoms with Crippen molar-refractivity contribution in [1.82, 2.24) is 0 Å². The van der Waals surface area contributed by atoms with Crippen molar-refractivity contribution in [2.24, 2.45) is 4.99 Å². The molecule has 0 bridgehead atoms. The topological polar surface area (TPSA) is 32.6 Å². The molecular weight excluding hydrogens is 230 g/mol. The van der Waals surface area contributed by atoms with E-state index in [-0.39, 0.29) is 0 Å². The van der Waals surface area contributed by atoms with Gasteiger partial charge in [-0.3, -0.25) is 4.99 Å². The van der Waals surface area contributed by atoms with Crippen LogP contribution >= 0.6 is 11.8 Å². The Morgan fingerprint density at radius 1 is 1.67 bits per heavy atom. The summed E-state index contributed by atoms with van der Waals surface area (Å²) in [5.41, 5.74) is 1.90. The normalized spacial score (nSPS) is 15.5. The molecule has 0 amide bonds. The summed E-state index contributed by atoms with van der Waals surface area (Å²) in [7, 11) is -2.01. The number of aliphatic imine (C=N–C) groups is 1. The van der Waals surface area contributed by atoms with Crippen LogP contribution in [0.5, 0.6) is 0 Å². The largest absolute Gasteiger partial charge is 0.325 e. The molecular formula is C6H13NOS4. The summed E-state index contributed by atoms with van der Waals surface area (Å²) in [5.74, 6) is 1.80. The molecule has 0 aromatic carbocycles. The number of hydrogen-bond acceptors (Lipinski definition) is 4. The van der Waals surface area contributed by atoms with Crippen LogP contribution in [0, 0.1) is 0 Å². The van der Waals surface area contributed by atoms with Gasteiger partial charge in [-0.25, -0.2) is 0 Å². The molecule has 0 atom stereocenters. The van der Waals surface area contributed by atoms with E-state index in [1.807, 2.05) is 12.5 Å². The van der Waals surface area contributed by atoms with Gasteiger partial charge < -0.3 is 4.55 Å². The second kappa shape index (κ2) is 7.20. The molecule has 1 N–H and O–H groups in total. The molecule has 1 rings (SSSR count). The highest BCUT2D eigenvalue weighted by Gasteiger charge is 1.88. The van der Waals surface area contributed by atoms with Gasteiger partial charge in [0, 0.05) is 25.5 Å². The van der Waals surface area contributed by atoms with Crippen molar-refractivity contribution in [3.63, 3.8) is 0 Å². The molecule has 1 heterocycles. The quantitative estimate of drug-likeness (QED) is 0.800. The van der Waals surface area contributed by atoms with Gasteiger partial charge in [0.1, 0.15) is 0 Å². The third kappa shape index (κ3) is 10.8. The zero-order valence-corrected chi connectivity index (χ0v) is 10.2. The van der Waals surface area contributed by atoms with Gasteiger partial charge in [0.2, 0.25) is 0 Å². The first-order chi connectivity index (χ1) is 5.56. The van der Waals surface area contributed by atoms with Gasteiger partial charge in [-0.1, -0.05) is 6.92 Å². The molecule has 6 heteroatoms. The summed E-state index contributed by atoms with van der Waals surface area (Å²) in [5, 5.41) is 0. The lowest BCUT2D eigenvalue weighted by Crippen LogP contribution is -1.97. The molecule has 0 aromatic rings. The highest BCUT2D eigenvalue weighted by atomic mass is 33.1. The highest BCUT2D eigenvalue weighted by Crippen LogP contribution is 1.99. The Kier molecular flexibility index (Phi) is 7.66. The SMILES string of the molecule is C1=NCCS1.CCCS(O)(=S)=S. The Morgan fingerprint density at radius 3 is 2.42 bits per heavy atom. The second-order valence-electron chi connectivity index (χ2n) is 2.17. The molecule has 0 unspecified atom stereocenters. The van der Waals surface area contributed by atoms with Crippen LogP contribution in [0.15, 0.2) is 4.99 Å². The van der Waals surface area contributed by atoms with E-state index in [0.717, 1.165) is 13.0 Å². The van der Waals surface area contributed by atoms with Gasteiger partial charge in [-0.05, 0) is 28.8 Å². The maximum absolute atomic E-state index is 8.73. The first-order valence-corrected chi connectivity index (χ1v) is 8.27. The molecule has 0 radical (unpaired) electrons. The number of thioether (sulfide) groups is 1. The zero-order valence-electron chi connectivity index (χ0n) is 6.93. The van der Waals surface area contributed by atoms with Crippen molar-refractivity contribution in [2.45, 2.75) is 13.3 Å². The molecule has 1 aliphatic heterocycles. The van der Waals surface area contributed by atoms with Gasteiger partial charge in [-0.15, -0.1) is 11.8 Å². The van der Waals surface area contributed by atoms with E-state index >= 15 is 0 Å². The lowest BCUT2D eigenvalue weighted by molar-refractivity contribution is 0.652. The smallest absolute Gasteiger partial charge is 0.0542 e. The van der Waals surface area contributed by atoms with Crippen molar-refractivity contribution in [3.8, 4) is 0 Å².